The van der Waals surface area contributed by atoms with E-state index in [1.54, 1.807) is 6.92 Å². The zero-order valence-corrected chi connectivity index (χ0v) is 23.0. The van der Waals surface area contributed by atoms with E-state index in [1.807, 2.05) is 18.4 Å². The van der Waals surface area contributed by atoms with Gasteiger partial charge in [-0.1, -0.05) is 0 Å². The maximum absolute atomic E-state index is 16.5. The molecule has 2 aliphatic rings. The summed E-state index contributed by atoms with van der Waals surface area (Å²) < 4.78 is 38.6. The Bertz CT molecular complexity index is 1520. The van der Waals surface area contributed by atoms with Gasteiger partial charge in [-0.05, 0) is 58.7 Å². The van der Waals surface area contributed by atoms with E-state index >= 15 is 8.78 Å². The summed E-state index contributed by atoms with van der Waals surface area (Å²) in [6.07, 6.45) is 2.42. The smallest absolute Gasteiger partial charge is 0.223 e. The fourth-order valence-corrected chi connectivity index (χ4v) is 5.78. The molecule has 2 fully saturated rings. The molecule has 2 aliphatic heterocycles. The van der Waals surface area contributed by atoms with Gasteiger partial charge in [0.15, 0.2) is 17.1 Å². The number of pyridine rings is 1. The molecule has 2 N–H and O–H groups in total. The molecule has 11 heteroatoms. The van der Waals surface area contributed by atoms with Gasteiger partial charge in [-0.3, -0.25) is 9.69 Å². The molecule has 5 rings (SSSR count). The Morgan fingerprint density at radius 3 is 2.83 bits per heavy atom. The molecule has 40 heavy (non-hydrogen) atoms. The minimum Gasteiger partial charge on any atom is -0.389 e. The Kier molecular flexibility index (Phi) is 8.12. The van der Waals surface area contributed by atoms with Crippen LogP contribution in [0.25, 0.3) is 22.2 Å². The van der Waals surface area contributed by atoms with Crippen LogP contribution < -0.4 is 10.7 Å². The summed E-state index contributed by atoms with van der Waals surface area (Å²) in [5, 5.41) is 22.9. The Morgan fingerprint density at radius 1 is 1.30 bits per heavy atom. The Hall–Kier alpha value is -3.46. The van der Waals surface area contributed by atoms with Crippen LogP contribution in [-0.2, 0) is 11.3 Å². The second kappa shape index (κ2) is 11.6. The van der Waals surface area contributed by atoms with Crippen molar-refractivity contribution in [2.24, 2.45) is 5.92 Å². The monoisotopic (exact) mass is 552 g/mol. The average Bonchev–Trinajstić information content (AvgIpc) is 2.94. The van der Waals surface area contributed by atoms with Gasteiger partial charge in [0.2, 0.25) is 5.95 Å². The lowest BCUT2D eigenvalue weighted by Gasteiger charge is -2.32. The van der Waals surface area contributed by atoms with Gasteiger partial charge in [0, 0.05) is 47.9 Å². The van der Waals surface area contributed by atoms with Crippen molar-refractivity contribution in [1.82, 2.24) is 19.4 Å². The molecule has 1 aromatic carbocycles. The number of halogens is 2. The highest BCUT2D eigenvalue weighted by Crippen LogP contribution is 2.32. The van der Waals surface area contributed by atoms with Crippen molar-refractivity contribution in [2.75, 3.05) is 31.6 Å². The molecule has 2 saturated heterocycles. The second-order valence-corrected chi connectivity index (χ2v) is 11.0. The first-order chi connectivity index (χ1) is 19.2. The van der Waals surface area contributed by atoms with E-state index in [4.69, 9.17) is 4.74 Å². The fourth-order valence-electron chi connectivity index (χ4n) is 5.78. The van der Waals surface area contributed by atoms with Crippen molar-refractivity contribution < 1.29 is 18.6 Å². The highest BCUT2D eigenvalue weighted by atomic mass is 19.1. The highest BCUT2D eigenvalue weighted by Gasteiger charge is 2.28. The van der Waals surface area contributed by atoms with E-state index in [2.05, 4.69) is 26.3 Å². The summed E-state index contributed by atoms with van der Waals surface area (Å²) >= 11 is 0. The molecule has 0 unspecified atom stereocenters. The zero-order chi connectivity index (χ0) is 28.6. The molecule has 0 saturated carbocycles. The molecule has 0 amide bonds. The van der Waals surface area contributed by atoms with Gasteiger partial charge in [-0.2, -0.15) is 5.26 Å². The van der Waals surface area contributed by atoms with Crippen molar-refractivity contribution in [1.29, 1.82) is 5.26 Å². The number of aromatic nitrogens is 3. The van der Waals surface area contributed by atoms with Crippen LogP contribution in [0.4, 0.5) is 14.7 Å². The lowest BCUT2D eigenvalue weighted by Crippen LogP contribution is -2.42. The van der Waals surface area contributed by atoms with Crippen LogP contribution in [-0.4, -0.2) is 63.0 Å². The molecule has 0 aliphatic carbocycles. The Labute approximate surface area is 231 Å². The molecule has 0 bridgehead atoms. The van der Waals surface area contributed by atoms with E-state index in [1.165, 1.54) is 12.1 Å². The van der Waals surface area contributed by atoms with Gasteiger partial charge >= 0.3 is 0 Å². The number of ether oxygens (including phenoxy) is 1. The van der Waals surface area contributed by atoms with Crippen molar-refractivity contribution in [3.63, 3.8) is 0 Å². The maximum Gasteiger partial charge on any atom is 0.223 e. The third kappa shape index (κ3) is 5.31. The number of rotatable bonds is 6. The standard InChI is InChI=1S/C29H34F2N6O3/c1-16(2)37-23(14-36-9-4-5-18(11-32)13-36)17(3)28(39)20-7-6-19(25(31)27(20)37)26-21(30)12-33-29(35-26)34-22-8-10-40-15-24(22)38/h6-7,12,16,18,22,24,38H,4-5,8-10,13-15H2,1-3H3,(H,33,34,35)/t18-,22+,24+/m0/s1. The average molecular weight is 553 g/mol. The minimum absolute atomic E-state index is 0.0600. The largest absolute Gasteiger partial charge is 0.389 e. The number of fused-ring (bicyclic) bond motifs is 1. The molecule has 0 spiro atoms. The van der Waals surface area contributed by atoms with Crippen LogP contribution in [0.2, 0.25) is 0 Å². The van der Waals surface area contributed by atoms with Gasteiger partial charge in [0.25, 0.3) is 0 Å². The van der Waals surface area contributed by atoms with Gasteiger partial charge < -0.3 is 19.7 Å². The molecule has 2 aromatic heterocycles. The van der Waals surface area contributed by atoms with Crippen LogP contribution in [0.3, 0.4) is 0 Å². The van der Waals surface area contributed by atoms with Crippen LogP contribution in [0.1, 0.15) is 50.4 Å². The minimum atomic E-state index is -0.807. The third-order valence-electron chi connectivity index (χ3n) is 7.88. The van der Waals surface area contributed by atoms with E-state index < -0.39 is 17.7 Å². The van der Waals surface area contributed by atoms with Crippen LogP contribution in [0.15, 0.2) is 23.1 Å². The first-order valence-corrected chi connectivity index (χ1v) is 13.7. The summed E-state index contributed by atoms with van der Waals surface area (Å²) in [5.74, 6) is -1.57. The first-order valence-electron chi connectivity index (χ1n) is 13.7. The molecule has 3 aromatic rings. The van der Waals surface area contributed by atoms with E-state index in [9.17, 15) is 15.2 Å². The van der Waals surface area contributed by atoms with Crippen LogP contribution in [0, 0.1) is 35.8 Å². The SMILES string of the molecule is Cc1c(CN2CCC[C@@H](C#N)C2)n(C(C)C)c2c(F)c(-c3nc(N[C@@H]4CCOC[C@H]4O)ncc3F)ccc2c1=O. The molecule has 4 heterocycles. The molecule has 0 radical (unpaired) electrons. The second-order valence-electron chi connectivity index (χ2n) is 11.0. The predicted octanol–water partition coefficient (Wildman–Crippen LogP) is 3.92. The normalized spacial score (nSPS) is 22.0. The van der Waals surface area contributed by atoms with Crippen molar-refractivity contribution >= 4 is 16.9 Å². The third-order valence-corrected chi connectivity index (χ3v) is 7.88. The molecule has 3 atom stereocenters. The summed E-state index contributed by atoms with van der Waals surface area (Å²) in [6.45, 7) is 7.97. The molecule has 9 nitrogen and oxygen atoms in total. The number of anilines is 1. The van der Waals surface area contributed by atoms with Gasteiger partial charge in [-0.25, -0.2) is 18.7 Å². The van der Waals surface area contributed by atoms with E-state index in [0.717, 1.165) is 25.6 Å². The van der Waals surface area contributed by atoms with E-state index in [0.29, 0.717) is 37.4 Å². The number of benzene rings is 1. The summed E-state index contributed by atoms with van der Waals surface area (Å²) in [5.41, 5.74) is 0.702. The summed E-state index contributed by atoms with van der Waals surface area (Å²) in [7, 11) is 0. The number of aliphatic hydroxyl groups is 1. The van der Waals surface area contributed by atoms with Crippen molar-refractivity contribution in [3.8, 4) is 17.3 Å². The van der Waals surface area contributed by atoms with Crippen LogP contribution in [0.5, 0.6) is 0 Å². The summed E-state index contributed by atoms with van der Waals surface area (Å²) in [6, 6.07) is 4.65. The zero-order valence-electron chi connectivity index (χ0n) is 23.0. The molecule has 212 valence electrons. The van der Waals surface area contributed by atoms with Gasteiger partial charge in [0.1, 0.15) is 5.69 Å². The fraction of sp³-hybridized carbons (Fsp3) is 0.517. The number of nitrogens with one attached hydrogen (secondary N) is 1. The topological polar surface area (TPSA) is 116 Å². The number of aliphatic hydroxyl groups excluding tert-OH is 1. The van der Waals surface area contributed by atoms with Gasteiger partial charge in [0.05, 0.1) is 42.5 Å². The number of hydrogen-bond donors (Lipinski definition) is 2. The van der Waals surface area contributed by atoms with E-state index in [-0.39, 0.29) is 58.1 Å². The number of hydrogen-bond acceptors (Lipinski definition) is 8. The maximum atomic E-state index is 16.5. The van der Waals surface area contributed by atoms with Crippen molar-refractivity contribution in [3.05, 3.63) is 51.4 Å². The number of nitrogens with zero attached hydrogens (tertiary/aromatic N) is 5. The molecular formula is C29H34F2N6O3. The predicted molar refractivity (Wildman–Crippen MR) is 147 cm³/mol. The number of likely N-dealkylation sites (tertiary alicyclic amines) is 1. The van der Waals surface area contributed by atoms with Crippen molar-refractivity contribution in [2.45, 2.75) is 64.8 Å². The number of piperidine rings is 1. The van der Waals surface area contributed by atoms with Gasteiger partial charge in [-0.15, -0.1) is 0 Å². The summed E-state index contributed by atoms with van der Waals surface area (Å²) in [4.78, 5) is 23.9. The highest BCUT2D eigenvalue weighted by molar-refractivity contribution is 5.86. The lowest BCUT2D eigenvalue weighted by atomic mass is 9.98. The molecular weight excluding hydrogens is 518 g/mol. The Balaban J connectivity index is 1.61. The lowest BCUT2D eigenvalue weighted by molar-refractivity contribution is -0.0136. The quantitative estimate of drug-likeness (QED) is 0.473. The Morgan fingerprint density at radius 2 is 2.10 bits per heavy atom. The van der Waals surface area contributed by atoms with Crippen LogP contribution >= 0.6 is 0 Å². The number of nitriles is 1. The first kappa shape index (κ1) is 28.1.